The number of amides is 2. The van der Waals surface area contributed by atoms with Gasteiger partial charge in [0.15, 0.2) is 0 Å². The zero-order valence-electron chi connectivity index (χ0n) is 29.4. The lowest BCUT2D eigenvalue weighted by atomic mass is 9.96. The van der Waals surface area contributed by atoms with Crippen molar-refractivity contribution in [2.45, 2.75) is 51.4 Å². The van der Waals surface area contributed by atoms with Gasteiger partial charge in [-0.1, -0.05) is 115 Å². The highest BCUT2D eigenvalue weighted by molar-refractivity contribution is 6.30. The molecule has 0 fully saturated rings. The molecule has 2 amide bonds. The van der Waals surface area contributed by atoms with E-state index in [1.165, 1.54) is 4.90 Å². The first-order valence-electron chi connectivity index (χ1n) is 17.2. The quantitative estimate of drug-likeness (QED) is 0.121. The Morgan fingerprint density at radius 1 is 0.750 bits per heavy atom. The van der Waals surface area contributed by atoms with Crippen molar-refractivity contribution in [1.29, 1.82) is 0 Å². The van der Waals surface area contributed by atoms with Crippen LogP contribution in [0.15, 0.2) is 127 Å². The number of ether oxygens (including phenoxy) is 3. The number of carbonyl (C=O) groups is 3. The number of fused-ring (bicyclic) bond motifs is 1. The highest BCUT2D eigenvalue weighted by Gasteiger charge is 2.29. The van der Waals surface area contributed by atoms with E-state index in [9.17, 15) is 14.4 Å². The van der Waals surface area contributed by atoms with E-state index in [4.69, 9.17) is 25.8 Å². The highest BCUT2D eigenvalue weighted by atomic mass is 35.5. The van der Waals surface area contributed by atoms with E-state index in [1.54, 1.807) is 20.8 Å². The van der Waals surface area contributed by atoms with Crippen LogP contribution in [0.4, 0.5) is 9.59 Å². The van der Waals surface area contributed by atoms with Gasteiger partial charge < -0.3 is 24.4 Å². The molecule has 1 aliphatic heterocycles. The molecule has 9 heteroatoms. The first kappa shape index (κ1) is 36.2. The van der Waals surface area contributed by atoms with E-state index in [0.717, 1.165) is 33.4 Å². The average molecular weight is 717 g/mol. The van der Waals surface area contributed by atoms with Crippen LogP contribution >= 0.6 is 11.6 Å². The lowest BCUT2D eigenvalue weighted by Crippen LogP contribution is -2.41. The monoisotopic (exact) mass is 716 g/mol. The Bertz CT molecular complexity index is 1990. The van der Waals surface area contributed by atoms with Gasteiger partial charge in [-0.15, -0.1) is 0 Å². The molecule has 52 heavy (non-hydrogen) atoms. The summed E-state index contributed by atoms with van der Waals surface area (Å²) in [6.07, 6.45) is -1.52. The van der Waals surface area contributed by atoms with Crippen LogP contribution in [0, 0.1) is 0 Å². The second-order valence-electron chi connectivity index (χ2n) is 13.7. The molecule has 2 unspecified atom stereocenters. The predicted molar refractivity (Wildman–Crippen MR) is 201 cm³/mol. The van der Waals surface area contributed by atoms with Crippen molar-refractivity contribution in [3.8, 4) is 16.9 Å². The summed E-state index contributed by atoms with van der Waals surface area (Å²) in [7, 11) is 0. The maximum Gasteiger partial charge on any atom is 0.419 e. The maximum absolute atomic E-state index is 13.3. The minimum Gasteiger partial charge on any atom is -0.481 e. The summed E-state index contributed by atoms with van der Waals surface area (Å²) in [4.78, 5) is 40.9. The molecule has 0 radical (unpaired) electrons. The molecule has 1 N–H and O–H groups in total. The Balaban J connectivity index is 1.10. The summed E-state index contributed by atoms with van der Waals surface area (Å²) in [5.74, 6) is -0.678. The average Bonchev–Trinajstić information content (AvgIpc) is 3.14. The van der Waals surface area contributed by atoms with Gasteiger partial charge in [0.05, 0.1) is 5.92 Å². The van der Waals surface area contributed by atoms with Crippen molar-refractivity contribution in [1.82, 2.24) is 10.2 Å². The minimum absolute atomic E-state index is 0.120. The van der Waals surface area contributed by atoms with Crippen LogP contribution in [0.2, 0.25) is 5.02 Å². The largest absolute Gasteiger partial charge is 0.481 e. The Morgan fingerprint density at radius 3 is 2.04 bits per heavy atom. The summed E-state index contributed by atoms with van der Waals surface area (Å²) in [5, 5.41) is 3.25. The van der Waals surface area contributed by atoms with Gasteiger partial charge in [-0.2, -0.15) is 0 Å². The van der Waals surface area contributed by atoms with Gasteiger partial charge in [0.1, 0.15) is 17.5 Å². The third-order valence-corrected chi connectivity index (χ3v) is 8.97. The summed E-state index contributed by atoms with van der Waals surface area (Å²) in [6, 6.07) is 40.8. The molecule has 0 saturated heterocycles. The van der Waals surface area contributed by atoms with Gasteiger partial charge in [-0.25, -0.2) is 9.59 Å². The molecule has 0 spiro atoms. The summed E-state index contributed by atoms with van der Waals surface area (Å²) >= 11 is 6.16. The number of benzene rings is 5. The van der Waals surface area contributed by atoms with Crippen molar-refractivity contribution in [3.05, 3.63) is 160 Å². The molecule has 0 aromatic heterocycles. The number of carbonyl (C=O) groups excluding carboxylic acids is 3. The maximum atomic E-state index is 13.3. The molecule has 0 bridgehead atoms. The molecule has 5 aromatic carbocycles. The molecule has 5 aromatic rings. The van der Waals surface area contributed by atoms with Gasteiger partial charge in [-0.05, 0) is 90.4 Å². The molecular weight excluding hydrogens is 676 g/mol. The van der Waals surface area contributed by atoms with Crippen molar-refractivity contribution < 1.29 is 28.6 Å². The van der Waals surface area contributed by atoms with E-state index in [0.29, 0.717) is 29.3 Å². The van der Waals surface area contributed by atoms with Crippen LogP contribution in [-0.4, -0.2) is 41.7 Å². The smallest absolute Gasteiger partial charge is 0.419 e. The fraction of sp³-hybridized carbons (Fsp3) is 0.233. The Kier molecular flexibility index (Phi) is 11.3. The van der Waals surface area contributed by atoms with Crippen LogP contribution in [0.1, 0.15) is 60.6 Å². The zero-order chi connectivity index (χ0) is 36.7. The van der Waals surface area contributed by atoms with Crippen LogP contribution < -0.4 is 10.1 Å². The minimum atomic E-state index is -0.948. The number of alkyl carbamates (subject to hydrolysis) is 1. The number of nitrogens with zero attached hydrogens (tertiary/aromatic N) is 1. The Morgan fingerprint density at radius 2 is 1.37 bits per heavy atom. The van der Waals surface area contributed by atoms with E-state index in [1.807, 2.05) is 127 Å². The van der Waals surface area contributed by atoms with Crippen LogP contribution in [-0.2, 0) is 27.2 Å². The second-order valence-corrected chi connectivity index (χ2v) is 14.1. The molecule has 6 rings (SSSR count). The van der Waals surface area contributed by atoms with Gasteiger partial charge in [0.25, 0.3) is 0 Å². The number of nitrogens with one attached hydrogen (secondary N) is 1. The van der Waals surface area contributed by atoms with Gasteiger partial charge >= 0.3 is 18.2 Å². The fourth-order valence-electron chi connectivity index (χ4n) is 6.11. The lowest BCUT2D eigenvalue weighted by molar-refractivity contribution is -0.156. The first-order chi connectivity index (χ1) is 25.0. The van der Waals surface area contributed by atoms with E-state index >= 15 is 0 Å². The SMILES string of the molecule is CC(C)(C)OC(=O)C(CNC(=O)OC(=O)N1CCc2ccc(OC(c3ccccc3)c3ccc(Cl)cc3)cc2C1)c1ccc(-c2ccccc2)cc1. The molecular formula is C43H41ClN2O6. The fourth-order valence-corrected chi connectivity index (χ4v) is 6.23. The number of esters is 1. The van der Waals surface area contributed by atoms with Gasteiger partial charge in [-0.3, -0.25) is 4.79 Å². The Labute approximate surface area is 309 Å². The summed E-state index contributed by atoms with van der Waals surface area (Å²) in [5.41, 5.74) is 5.88. The van der Waals surface area contributed by atoms with Crippen LogP contribution in [0.25, 0.3) is 11.1 Å². The highest BCUT2D eigenvalue weighted by Crippen LogP contribution is 2.32. The van der Waals surface area contributed by atoms with Crippen molar-refractivity contribution in [3.63, 3.8) is 0 Å². The summed E-state index contributed by atoms with van der Waals surface area (Å²) < 4.78 is 17.4. The zero-order valence-corrected chi connectivity index (χ0v) is 30.1. The molecule has 2 atom stereocenters. The van der Waals surface area contributed by atoms with Gasteiger partial charge in [0, 0.05) is 24.7 Å². The molecule has 0 saturated carbocycles. The van der Waals surface area contributed by atoms with Crippen molar-refractivity contribution in [2.75, 3.05) is 13.1 Å². The van der Waals surface area contributed by atoms with Crippen LogP contribution in [0.3, 0.4) is 0 Å². The van der Waals surface area contributed by atoms with E-state index < -0.39 is 29.7 Å². The van der Waals surface area contributed by atoms with Crippen LogP contribution in [0.5, 0.6) is 5.75 Å². The molecule has 8 nitrogen and oxygen atoms in total. The number of hydrogen-bond acceptors (Lipinski definition) is 6. The standard InChI is InChI=1S/C43H41ClN2O6/c1-43(2,3)52-40(47)38(32-16-14-30(15-17-32)29-10-6-4-7-11-29)27-45-41(48)51-42(49)46-25-24-31-20-23-37(26-35(31)28-46)50-39(33-12-8-5-9-13-33)34-18-21-36(44)22-19-34/h4-23,26,38-39H,24-25,27-28H2,1-3H3,(H,45,48). The number of hydrogen-bond donors (Lipinski definition) is 1. The third-order valence-electron chi connectivity index (χ3n) is 8.72. The van der Waals surface area contributed by atoms with Crippen molar-refractivity contribution in [2.24, 2.45) is 0 Å². The van der Waals surface area contributed by atoms with Gasteiger partial charge in [0.2, 0.25) is 0 Å². The normalized spacial score (nSPS) is 13.7. The second kappa shape index (κ2) is 16.2. The topological polar surface area (TPSA) is 94.2 Å². The van der Waals surface area contributed by atoms with Crippen molar-refractivity contribution >= 4 is 29.8 Å². The molecule has 266 valence electrons. The summed E-state index contributed by atoms with van der Waals surface area (Å²) in [6.45, 7) is 5.86. The number of halogens is 1. The molecule has 1 heterocycles. The molecule has 0 aliphatic carbocycles. The molecule has 1 aliphatic rings. The van der Waals surface area contributed by atoms with E-state index in [2.05, 4.69) is 5.32 Å². The van der Waals surface area contributed by atoms with E-state index in [-0.39, 0.29) is 19.2 Å². The third kappa shape index (κ3) is 9.38. The first-order valence-corrected chi connectivity index (χ1v) is 17.6. The predicted octanol–water partition coefficient (Wildman–Crippen LogP) is 9.51. The lowest BCUT2D eigenvalue weighted by Gasteiger charge is -2.29. The number of rotatable bonds is 9. The Hall–Kier alpha value is -5.60.